The Hall–Kier alpha value is -2.06. The van der Waals surface area contributed by atoms with Gasteiger partial charge in [0, 0.05) is 10.0 Å². The Morgan fingerprint density at radius 2 is 1.85 bits per heavy atom. The van der Waals surface area contributed by atoms with Gasteiger partial charge >= 0.3 is 0 Å². The van der Waals surface area contributed by atoms with Gasteiger partial charge in [-0.1, -0.05) is 28.9 Å². The Bertz CT molecular complexity index is 784. The molecular formula is C18H18Br2N2O4. The quantitative estimate of drug-likeness (QED) is 0.584. The highest BCUT2D eigenvalue weighted by Gasteiger charge is 2.10. The van der Waals surface area contributed by atoms with E-state index in [9.17, 15) is 9.59 Å². The predicted octanol–water partition coefficient (Wildman–Crippen LogP) is 3.84. The third-order valence-electron chi connectivity index (χ3n) is 3.14. The molecule has 6 nitrogen and oxygen atoms in total. The van der Waals surface area contributed by atoms with E-state index < -0.39 is 11.8 Å². The fraction of sp³-hybridized carbons (Fsp3) is 0.222. The molecule has 0 heterocycles. The van der Waals surface area contributed by atoms with Crippen LogP contribution in [-0.4, -0.2) is 25.0 Å². The van der Waals surface area contributed by atoms with E-state index in [4.69, 9.17) is 9.47 Å². The number of hydrogen-bond donors (Lipinski definition) is 2. The second kappa shape index (κ2) is 10.2. The molecule has 0 saturated heterocycles. The van der Waals surface area contributed by atoms with Crippen molar-refractivity contribution >= 4 is 43.7 Å². The second-order valence-electron chi connectivity index (χ2n) is 5.24. The van der Waals surface area contributed by atoms with E-state index in [0.717, 1.165) is 10.9 Å². The molecule has 0 aliphatic carbocycles. The lowest BCUT2D eigenvalue weighted by Gasteiger charge is -2.11. The van der Waals surface area contributed by atoms with Gasteiger partial charge in [0.25, 0.3) is 11.8 Å². The summed E-state index contributed by atoms with van der Waals surface area (Å²) in [5.74, 6) is 0.210. The number of halogens is 2. The number of ether oxygens (including phenoxy) is 2. The van der Waals surface area contributed by atoms with Crippen LogP contribution in [0, 0.1) is 0 Å². The Morgan fingerprint density at radius 1 is 1.04 bits per heavy atom. The summed E-state index contributed by atoms with van der Waals surface area (Å²) < 4.78 is 12.5. The van der Waals surface area contributed by atoms with Gasteiger partial charge in [0.05, 0.1) is 11.1 Å². The van der Waals surface area contributed by atoms with Gasteiger partial charge in [-0.3, -0.25) is 20.4 Å². The highest BCUT2D eigenvalue weighted by atomic mass is 79.9. The molecule has 2 N–H and O–H groups in total. The number of carbonyl (C=O) groups excluding carboxylic acids is 2. The number of benzene rings is 2. The molecular weight excluding hydrogens is 468 g/mol. The fourth-order valence-electron chi connectivity index (χ4n) is 1.92. The topological polar surface area (TPSA) is 76.7 Å². The zero-order valence-electron chi connectivity index (χ0n) is 14.1. The number of amides is 2. The minimum atomic E-state index is -0.480. The zero-order chi connectivity index (χ0) is 18.9. The molecule has 0 unspecified atom stereocenters. The molecule has 2 amide bonds. The first-order chi connectivity index (χ1) is 12.5. The van der Waals surface area contributed by atoms with E-state index in [2.05, 4.69) is 42.7 Å². The summed E-state index contributed by atoms with van der Waals surface area (Å²) >= 11 is 6.68. The monoisotopic (exact) mass is 484 g/mol. The van der Waals surface area contributed by atoms with Crippen molar-refractivity contribution in [3.05, 3.63) is 57.0 Å². The van der Waals surface area contributed by atoms with E-state index in [0.29, 0.717) is 28.1 Å². The Morgan fingerprint density at radius 3 is 2.58 bits per heavy atom. The number of rotatable bonds is 7. The second-order valence-corrected chi connectivity index (χ2v) is 7.01. The van der Waals surface area contributed by atoms with Gasteiger partial charge < -0.3 is 9.47 Å². The highest BCUT2D eigenvalue weighted by Crippen LogP contribution is 2.28. The molecule has 2 aromatic rings. The van der Waals surface area contributed by atoms with Crippen molar-refractivity contribution in [2.75, 3.05) is 13.2 Å². The average molecular weight is 486 g/mol. The molecule has 138 valence electrons. The Kier molecular flexibility index (Phi) is 7.93. The van der Waals surface area contributed by atoms with Crippen LogP contribution in [0.3, 0.4) is 0 Å². The smallest absolute Gasteiger partial charge is 0.276 e. The van der Waals surface area contributed by atoms with Gasteiger partial charge in [0.1, 0.15) is 11.5 Å². The van der Waals surface area contributed by atoms with Crippen LogP contribution in [0.25, 0.3) is 0 Å². The van der Waals surface area contributed by atoms with Crippen molar-refractivity contribution in [1.29, 1.82) is 0 Å². The van der Waals surface area contributed by atoms with Crippen LogP contribution < -0.4 is 20.3 Å². The average Bonchev–Trinajstić information content (AvgIpc) is 2.64. The molecule has 26 heavy (non-hydrogen) atoms. The standard InChI is InChI=1S/C18H18Br2N2O4/c1-2-8-25-14-5-3-4-12(9-14)18(24)22-21-17(23)11-26-16-7-6-13(19)10-15(16)20/h3-7,9-10H,2,8,11H2,1H3,(H,21,23)(H,22,24). The summed E-state index contributed by atoms with van der Waals surface area (Å²) in [5.41, 5.74) is 5.05. The molecule has 0 bridgehead atoms. The lowest BCUT2D eigenvalue weighted by molar-refractivity contribution is -0.123. The minimum Gasteiger partial charge on any atom is -0.494 e. The van der Waals surface area contributed by atoms with Crippen molar-refractivity contribution in [2.24, 2.45) is 0 Å². The number of nitrogens with one attached hydrogen (secondary N) is 2. The highest BCUT2D eigenvalue weighted by molar-refractivity contribution is 9.11. The molecule has 0 atom stereocenters. The van der Waals surface area contributed by atoms with Gasteiger partial charge in [0.2, 0.25) is 0 Å². The molecule has 0 aliphatic rings. The number of hydrazine groups is 1. The summed E-state index contributed by atoms with van der Waals surface area (Å²) in [6, 6.07) is 12.1. The molecule has 0 aromatic heterocycles. The van der Waals surface area contributed by atoms with Gasteiger partial charge in [-0.25, -0.2) is 0 Å². The SMILES string of the molecule is CCCOc1cccc(C(=O)NNC(=O)COc2ccc(Br)cc2Br)c1. The van der Waals surface area contributed by atoms with E-state index in [1.807, 2.05) is 13.0 Å². The lowest BCUT2D eigenvalue weighted by atomic mass is 10.2. The van der Waals surface area contributed by atoms with E-state index in [-0.39, 0.29) is 6.61 Å². The van der Waals surface area contributed by atoms with Gasteiger partial charge in [0.15, 0.2) is 6.61 Å². The van der Waals surface area contributed by atoms with Crippen molar-refractivity contribution in [2.45, 2.75) is 13.3 Å². The largest absolute Gasteiger partial charge is 0.494 e. The molecule has 2 aromatic carbocycles. The van der Waals surface area contributed by atoms with E-state index in [1.54, 1.807) is 36.4 Å². The van der Waals surface area contributed by atoms with E-state index in [1.165, 1.54) is 0 Å². The van der Waals surface area contributed by atoms with Gasteiger partial charge in [-0.15, -0.1) is 0 Å². The van der Waals surface area contributed by atoms with Crippen LogP contribution in [0.1, 0.15) is 23.7 Å². The van der Waals surface area contributed by atoms with Crippen LogP contribution in [0.5, 0.6) is 11.5 Å². The first-order valence-electron chi connectivity index (χ1n) is 7.89. The maximum atomic E-state index is 12.1. The molecule has 0 saturated carbocycles. The number of hydrogen-bond acceptors (Lipinski definition) is 4. The summed E-state index contributed by atoms with van der Waals surface area (Å²) in [7, 11) is 0. The lowest BCUT2D eigenvalue weighted by Crippen LogP contribution is -2.43. The first kappa shape index (κ1) is 20.3. The third-order valence-corrected chi connectivity index (χ3v) is 4.25. The third kappa shape index (κ3) is 6.34. The fourth-order valence-corrected chi connectivity index (χ4v) is 3.08. The van der Waals surface area contributed by atoms with Crippen LogP contribution in [-0.2, 0) is 4.79 Å². The summed E-state index contributed by atoms with van der Waals surface area (Å²) in [6.07, 6.45) is 0.876. The van der Waals surface area contributed by atoms with Crippen molar-refractivity contribution < 1.29 is 19.1 Å². The first-order valence-corrected chi connectivity index (χ1v) is 9.48. The van der Waals surface area contributed by atoms with Crippen LogP contribution in [0.4, 0.5) is 0 Å². The van der Waals surface area contributed by atoms with Crippen LogP contribution in [0.15, 0.2) is 51.4 Å². The van der Waals surface area contributed by atoms with Crippen molar-refractivity contribution in [3.63, 3.8) is 0 Å². The minimum absolute atomic E-state index is 0.236. The molecule has 0 fully saturated rings. The van der Waals surface area contributed by atoms with Crippen LogP contribution in [0.2, 0.25) is 0 Å². The molecule has 2 rings (SSSR count). The van der Waals surface area contributed by atoms with Gasteiger partial charge in [-0.05, 0) is 58.7 Å². The van der Waals surface area contributed by atoms with Gasteiger partial charge in [-0.2, -0.15) is 0 Å². The molecule has 8 heteroatoms. The predicted molar refractivity (Wildman–Crippen MR) is 105 cm³/mol. The van der Waals surface area contributed by atoms with E-state index >= 15 is 0 Å². The zero-order valence-corrected chi connectivity index (χ0v) is 17.2. The van der Waals surface area contributed by atoms with Crippen molar-refractivity contribution in [3.8, 4) is 11.5 Å². The van der Waals surface area contributed by atoms with Crippen molar-refractivity contribution in [1.82, 2.24) is 10.9 Å². The van der Waals surface area contributed by atoms with Crippen LogP contribution >= 0.6 is 31.9 Å². The maximum absolute atomic E-state index is 12.1. The molecule has 0 radical (unpaired) electrons. The molecule has 0 spiro atoms. The number of carbonyl (C=O) groups is 2. The summed E-state index contributed by atoms with van der Waals surface area (Å²) in [4.78, 5) is 23.9. The Labute approximate surface area is 168 Å². The maximum Gasteiger partial charge on any atom is 0.276 e. The Balaban J connectivity index is 1.82. The normalized spacial score (nSPS) is 10.1. The summed E-state index contributed by atoms with van der Waals surface area (Å²) in [5, 5.41) is 0. The molecule has 0 aliphatic heterocycles. The summed E-state index contributed by atoms with van der Waals surface area (Å²) in [6.45, 7) is 2.34.